The van der Waals surface area contributed by atoms with E-state index in [4.69, 9.17) is 16.3 Å². The molecule has 1 amide bonds. The minimum Gasteiger partial charge on any atom is -0.494 e. The quantitative estimate of drug-likeness (QED) is 0.661. The lowest BCUT2D eigenvalue weighted by Gasteiger charge is -2.19. The van der Waals surface area contributed by atoms with E-state index in [-0.39, 0.29) is 18.3 Å². The Labute approximate surface area is 176 Å². The van der Waals surface area contributed by atoms with Crippen LogP contribution in [0.2, 0.25) is 5.02 Å². The highest BCUT2D eigenvalue weighted by Crippen LogP contribution is 2.23. The Balaban J connectivity index is 0.00000280. The van der Waals surface area contributed by atoms with Crippen LogP contribution in [0.4, 0.5) is 5.95 Å². The number of benzene rings is 1. The predicted molar refractivity (Wildman–Crippen MR) is 113 cm³/mol. The van der Waals surface area contributed by atoms with Crippen LogP contribution in [-0.4, -0.2) is 40.4 Å². The molecule has 28 heavy (non-hydrogen) atoms. The van der Waals surface area contributed by atoms with Crippen molar-refractivity contribution < 1.29 is 9.53 Å². The molecule has 0 saturated carbocycles. The van der Waals surface area contributed by atoms with E-state index < -0.39 is 0 Å². The number of anilines is 1. The van der Waals surface area contributed by atoms with Crippen molar-refractivity contribution in [3.05, 3.63) is 34.6 Å². The second kappa shape index (κ2) is 10.6. The van der Waals surface area contributed by atoms with Crippen LogP contribution >= 0.6 is 24.0 Å². The van der Waals surface area contributed by atoms with E-state index in [2.05, 4.69) is 20.7 Å². The third-order valence-corrected chi connectivity index (χ3v) is 5.11. The molecule has 9 heteroatoms. The topological polar surface area (TPSA) is 81.1 Å². The minimum atomic E-state index is -0.0850. The van der Waals surface area contributed by atoms with Gasteiger partial charge in [-0.2, -0.15) is 10.1 Å². The van der Waals surface area contributed by atoms with Gasteiger partial charge in [-0.15, -0.1) is 12.4 Å². The van der Waals surface area contributed by atoms with Crippen molar-refractivity contribution >= 4 is 35.9 Å². The number of halogens is 2. The summed E-state index contributed by atoms with van der Waals surface area (Å²) in [5.74, 6) is 2.35. The van der Waals surface area contributed by atoms with Crippen LogP contribution in [0.5, 0.6) is 5.75 Å². The molecule has 0 bridgehead atoms. The molecule has 3 rings (SSSR count). The van der Waals surface area contributed by atoms with Crippen molar-refractivity contribution in [2.45, 2.75) is 38.5 Å². The van der Waals surface area contributed by atoms with Crippen molar-refractivity contribution in [3.63, 3.8) is 0 Å². The standard InChI is InChI=1S/C19H26ClN5O2.ClH/c1-13-12-15(5-6-16(13)20)27-11-3-4-17(26)22-19-23-18(24-25(19)2)14-7-9-21-10-8-14;/h5-6,12,14,21H,3-4,7-11H2,1-2H3,(H,22,23,24,26);1H. The van der Waals surface area contributed by atoms with Crippen LogP contribution < -0.4 is 15.4 Å². The van der Waals surface area contributed by atoms with Crippen LogP contribution in [0.1, 0.15) is 43.0 Å². The first kappa shape index (κ1) is 22.5. The molecule has 1 aromatic heterocycles. The molecule has 0 unspecified atom stereocenters. The summed E-state index contributed by atoms with van der Waals surface area (Å²) in [6, 6.07) is 5.54. The molecule has 7 nitrogen and oxygen atoms in total. The van der Waals surface area contributed by atoms with Gasteiger partial charge in [0, 0.05) is 24.4 Å². The van der Waals surface area contributed by atoms with Gasteiger partial charge in [0.15, 0.2) is 5.82 Å². The summed E-state index contributed by atoms with van der Waals surface area (Å²) in [5, 5.41) is 11.4. The van der Waals surface area contributed by atoms with E-state index in [1.54, 1.807) is 11.7 Å². The second-order valence-corrected chi connectivity index (χ2v) is 7.26. The van der Waals surface area contributed by atoms with Crippen LogP contribution in [0.15, 0.2) is 18.2 Å². The molecule has 1 aromatic carbocycles. The first-order valence-corrected chi connectivity index (χ1v) is 9.71. The highest BCUT2D eigenvalue weighted by molar-refractivity contribution is 6.31. The largest absolute Gasteiger partial charge is 0.494 e. The fourth-order valence-corrected chi connectivity index (χ4v) is 3.20. The van der Waals surface area contributed by atoms with Gasteiger partial charge in [0.1, 0.15) is 5.75 Å². The number of amides is 1. The van der Waals surface area contributed by atoms with Gasteiger partial charge < -0.3 is 10.1 Å². The molecule has 1 saturated heterocycles. The number of nitrogens with one attached hydrogen (secondary N) is 2. The molecule has 2 heterocycles. The van der Waals surface area contributed by atoms with Gasteiger partial charge >= 0.3 is 0 Å². The highest BCUT2D eigenvalue weighted by Gasteiger charge is 2.21. The zero-order valence-corrected chi connectivity index (χ0v) is 17.8. The Bertz CT molecular complexity index is 791. The Morgan fingerprint density at radius 2 is 2.14 bits per heavy atom. The summed E-state index contributed by atoms with van der Waals surface area (Å²) in [7, 11) is 1.80. The molecule has 0 atom stereocenters. The molecular formula is C19H27Cl2N5O2. The number of carbonyl (C=O) groups excluding carboxylic acids is 1. The van der Waals surface area contributed by atoms with Gasteiger partial charge in [-0.3, -0.25) is 10.1 Å². The first-order chi connectivity index (χ1) is 13.0. The number of hydrogen-bond acceptors (Lipinski definition) is 5. The fourth-order valence-electron chi connectivity index (χ4n) is 3.08. The maximum Gasteiger partial charge on any atom is 0.227 e. The number of carbonyl (C=O) groups is 1. The number of nitrogens with zero attached hydrogens (tertiary/aromatic N) is 3. The van der Waals surface area contributed by atoms with Crippen LogP contribution in [0, 0.1) is 6.92 Å². The van der Waals surface area contributed by atoms with Crippen LogP contribution in [0.3, 0.4) is 0 Å². The van der Waals surface area contributed by atoms with Crippen molar-refractivity contribution in [1.82, 2.24) is 20.1 Å². The summed E-state index contributed by atoms with van der Waals surface area (Å²) >= 11 is 6.00. The minimum absolute atomic E-state index is 0. The summed E-state index contributed by atoms with van der Waals surface area (Å²) in [4.78, 5) is 16.7. The maximum atomic E-state index is 12.2. The van der Waals surface area contributed by atoms with E-state index in [0.29, 0.717) is 36.3 Å². The van der Waals surface area contributed by atoms with Crippen LogP contribution in [0.25, 0.3) is 0 Å². The third-order valence-electron chi connectivity index (χ3n) is 4.68. The normalized spacial score (nSPS) is 14.4. The Hall–Kier alpha value is -1.83. The number of ether oxygens (including phenoxy) is 1. The molecule has 154 valence electrons. The number of hydrogen-bond donors (Lipinski definition) is 2. The van der Waals surface area contributed by atoms with Gasteiger partial charge in [-0.05, 0) is 63.0 Å². The zero-order valence-electron chi connectivity index (χ0n) is 16.2. The molecule has 0 radical (unpaired) electrons. The molecule has 1 aliphatic heterocycles. The smallest absolute Gasteiger partial charge is 0.227 e. The summed E-state index contributed by atoms with van der Waals surface area (Å²) in [5.41, 5.74) is 0.971. The van der Waals surface area contributed by atoms with E-state index in [1.165, 1.54) is 0 Å². The highest BCUT2D eigenvalue weighted by atomic mass is 35.5. The van der Waals surface area contributed by atoms with E-state index >= 15 is 0 Å². The van der Waals surface area contributed by atoms with E-state index in [9.17, 15) is 4.79 Å². The van der Waals surface area contributed by atoms with Gasteiger partial charge in [-0.25, -0.2) is 4.68 Å². The third kappa shape index (κ3) is 6.09. The molecule has 1 fully saturated rings. The van der Waals surface area contributed by atoms with Crippen molar-refractivity contribution in [3.8, 4) is 5.75 Å². The van der Waals surface area contributed by atoms with E-state index in [0.717, 1.165) is 43.1 Å². The van der Waals surface area contributed by atoms with Gasteiger partial charge in [0.2, 0.25) is 11.9 Å². The number of rotatable bonds is 7. The van der Waals surface area contributed by atoms with Crippen molar-refractivity contribution in [1.29, 1.82) is 0 Å². The zero-order chi connectivity index (χ0) is 19.2. The lowest BCUT2D eigenvalue weighted by Crippen LogP contribution is -2.27. The van der Waals surface area contributed by atoms with Gasteiger partial charge in [0.25, 0.3) is 0 Å². The van der Waals surface area contributed by atoms with Crippen molar-refractivity contribution in [2.75, 3.05) is 25.0 Å². The molecule has 0 spiro atoms. The maximum absolute atomic E-state index is 12.2. The molecule has 1 aliphatic rings. The van der Waals surface area contributed by atoms with Gasteiger partial charge in [-0.1, -0.05) is 11.6 Å². The Kier molecular flexibility index (Phi) is 8.54. The summed E-state index contributed by atoms with van der Waals surface area (Å²) in [6.45, 7) is 4.37. The molecule has 2 N–H and O–H groups in total. The first-order valence-electron chi connectivity index (χ1n) is 9.33. The Morgan fingerprint density at radius 1 is 1.39 bits per heavy atom. The van der Waals surface area contributed by atoms with Crippen molar-refractivity contribution in [2.24, 2.45) is 7.05 Å². The van der Waals surface area contributed by atoms with Crippen LogP contribution in [-0.2, 0) is 11.8 Å². The summed E-state index contributed by atoms with van der Waals surface area (Å²) < 4.78 is 7.31. The second-order valence-electron chi connectivity index (χ2n) is 6.85. The molecule has 2 aromatic rings. The lowest BCUT2D eigenvalue weighted by atomic mass is 9.98. The number of aromatic nitrogens is 3. The SMILES string of the molecule is Cc1cc(OCCCC(=O)Nc2nc(C3CCNCC3)nn2C)ccc1Cl.Cl. The monoisotopic (exact) mass is 427 g/mol. The fraction of sp³-hybridized carbons (Fsp3) is 0.526. The average molecular weight is 428 g/mol. The average Bonchev–Trinajstić information content (AvgIpc) is 3.03. The lowest BCUT2D eigenvalue weighted by molar-refractivity contribution is -0.116. The van der Waals surface area contributed by atoms with E-state index in [1.807, 2.05) is 25.1 Å². The summed E-state index contributed by atoms with van der Waals surface area (Å²) in [6.07, 6.45) is 3.03. The number of aryl methyl sites for hydroxylation is 2. The van der Waals surface area contributed by atoms with Gasteiger partial charge in [0.05, 0.1) is 6.61 Å². The molecular weight excluding hydrogens is 401 g/mol. The molecule has 0 aliphatic carbocycles. The number of piperidine rings is 1. The Morgan fingerprint density at radius 3 is 2.86 bits per heavy atom. The predicted octanol–water partition coefficient (Wildman–Crippen LogP) is 3.46.